The topological polar surface area (TPSA) is 76.9 Å². The van der Waals surface area contributed by atoms with Gasteiger partial charge in [0.2, 0.25) is 0 Å². The van der Waals surface area contributed by atoms with Crippen LogP contribution in [0, 0.1) is 11.6 Å². The van der Waals surface area contributed by atoms with E-state index in [2.05, 4.69) is 4.98 Å². The molecule has 2 aliphatic heterocycles. The van der Waals surface area contributed by atoms with Gasteiger partial charge in [0, 0.05) is 66.5 Å². The molecule has 1 aromatic heterocycles. The Morgan fingerprint density at radius 2 is 1.87 bits per heavy atom. The summed E-state index contributed by atoms with van der Waals surface area (Å²) >= 11 is 8.21. The third kappa shape index (κ3) is 5.44. The molecule has 0 bridgehead atoms. The number of nitrogens with zero attached hydrogens (tertiary/aromatic N) is 4. The maximum atomic E-state index is 15.0. The van der Waals surface area contributed by atoms with E-state index in [1.54, 1.807) is 22.6 Å². The molecule has 0 unspecified atom stereocenters. The second-order valence-corrected chi connectivity index (χ2v) is 12.0. The van der Waals surface area contributed by atoms with Crippen molar-refractivity contribution in [1.82, 2.24) is 14.5 Å². The van der Waals surface area contributed by atoms with Crippen LogP contribution in [0.15, 0.2) is 34.0 Å². The van der Waals surface area contributed by atoms with Crippen molar-refractivity contribution in [3.63, 3.8) is 0 Å². The summed E-state index contributed by atoms with van der Waals surface area (Å²) in [5, 5.41) is 0.892. The van der Waals surface area contributed by atoms with Crippen LogP contribution < -0.4 is 10.6 Å². The molecule has 1 atom stereocenters. The van der Waals surface area contributed by atoms with Crippen LogP contribution in [0.3, 0.4) is 0 Å². The second kappa shape index (κ2) is 10.6. The predicted molar refractivity (Wildman–Crippen MR) is 148 cm³/mol. The van der Waals surface area contributed by atoms with Gasteiger partial charge in [0.25, 0.3) is 0 Å². The van der Waals surface area contributed by atoms with E-state index in [0.29, 0.717) is 59.1 Å². The molecule has 0 saturated carbocycles. The van der Waals surface area contributed by atoms with Gasteiger partial charge < -0.3 is 19.3 Å². The molecule has 0 N–H and O–H groups in total. The molecule has 1 saturated heterocycles. The Kier molecular flexibility index (Phi) is 7.51. The molecule has 208 valence electrons. The number of hydrogen-bond donors (Lipinski definition) is 0. The van der Waals surface area contributed by atoms with E-state index in [9.17, 15) is 18.4 Å². The maximum Gasteiger partial charge on any atom is 0.410 e. The molecule has 1 amide bonds. The molecule has 0 radical (unpaired) electrons. The lowest BCUT2D eigenvalue weighted by Crippen LogP contribution is -2.50. The third-order valence-electron chi connectivity index (χ3n) is 6.71. The molecule has 2 aliphatic rings. The number of rotatable bonds is 3. The summed E-state index contributed by atoms with van der Waals surface area (Å²) < 4.78 is 41.3. The van der Waals surface area contributed by atoms with Crippen molar-refractivity contribution in [1.29, 1.82) is 0 Å². The van der Waals surface area contributed by atoms with Crippen LogP contribution in [0.1, 0.15) is 20.8 Å². The number of aromatic nitrogens is 2. The number of methoxy groups -OCH3 is 1. The standard InChI is InChI=1S/C27H29ClF2N4O4S/c1-27(2,3)38-26(36)33-9-7-32(8-10-33)24-18-12-19(28)21(17-6-5-15(29)11-20(17)30)23-22(18)34(25(35)31-24)13-16(37-4)14-39-23/h5-6,11-12,16H,7-10,13-14H2,1-4H3/t16-/m1/s1. The smallest absolute Gasteiger partial charge is 0.410 e. The number of hydrogen-bond acceptors (Lipinski definition) is 7. The van der Waals surface area contributed by atoms with Gasteiger partial charge in [-0.15, -0.1) is 11.8 Å². The van der Waals surface area contributed by atoms with Crippen molar-refractivity contribution in [3.8, 4) is 11.1 Å². The highest BCUT2D eigenvalue weighted by atomic mass is 35.5. The molecule has 3 aromatic rings. The van der Waals surface area contributed by atoms with Gasteiger partial charge in [0.1, 0.15) is 23.1 Å². The van der Waals surface area contributed by atoms with Gasteiger partial charge >= 0.3 is 11.8 Å². The largest absolute Gasteiger partial charge is 0.444 e. The van der Waals surface area contributed by atoms with Crippen LogP contribution in [0.4, 0.5) is 19.4 Å². The lowest BCUT2D eigenvalue weighted by molar-refractivity contribution is 0.0240. The number of amides is 1. The van der Waals surface area contributed by atoms with Gasteiger partial charge in [-0.25, -0.2) is 18.4 Å². The highest BCUT2D eigenvalue weighted by molar-refractivity contribution is 7.99. The average molecular weight is 579 g/mol. The number of benzene rings is 2. The first kappa shape index (κ1) is 27.7. The van der Waals surface area contributed by atoms with Crippen molar-refractivity contribution in [2.75, 3.05) is 43.9 Å². The molecular weight excluding hydrogens is 550 g/mol. The van der Waals surface area contributed by atoms with Gasteiger partial charge in [-0.05, 0) is 39.0 Å². The van der Waals surface area contributed by atoms with E-state index >= 15 is 0 Å². The lowest BCUT2D eigenvalue weighted by atomic mass is 10.0. The third-order valence-corrected chi connectivity index (χ3v) is 8.24. The molecular formula is C27H29ClF2N4O4S. The molecule has 0 aliphatic carbocycles. The fourth-order valence-electron chi connectivity index (χ4n) is 4.86. The van der Waals surface area contributed by atoms with Crippen LogP contribution in [0.2, 0.25) is 5.02 Å². The molecule has 39 heavy (non-hydrogen) atoms. The minimum Gasteiger partial charge on any atom is -0.444 e. The first-order chi connectivity index (χ1) is 18.5. The van der Waals surface area contributed by atoms with E-state index < -0.39 is 22.9 Å². The fourth-order valence-corrected chi connectivity index (χ4v) is 6.53. The van der Waals surface area contributed by atoms with E-state index in [4.69, 9.17) is 21.1 Å². The van der Waals surface area contributed by atoms with E-state index in [0.717, 1.165) is 6.07 Å². The van der Waals surface area contributed by atoms with E-state index in [-0.39, 0.29) is 29.3 Å². The van der Waals surface area contributed by atoms with Gasteiger partial charge in [0.05, 0.1) is 23.2 Å². The minimum absolute atomic E-state index is 0.144. The minimum atomic E-state index is -0.748. The van der Waals surface area contributed by atoms with Crippen LogP contribution in [-0.2, 0) is 16.0 Å². The maximum absolute atomic E-state index is 15.0. The number of halogens is 3. The van der Waals surface area contributed by atoms with Crippen LogP contribution in [-0.4, -0.2) is 71.3 Å². The predicted octanol–water partition coefficient (Wildman–Crippen LogP) is 5.17. The first-order valence-corrected chi connectivity index (χ1v) is 13.9. The van der Waals surface area contributed by atoms with Crippen molar-refractivity contribution in [2.24, 2.45) is 0 Å². The van der Waals surface area contributed by atoms with Crippen molar-refractivity contribution >= 4 is 46.2 Å². The molecule has 8 nitrogen and oxygen atoms in total. The molecule has 2 aromatic carbocycles. The van der Waals surface area contributed by atoms with Gasteiger partial charge in [-0.1, -0.05) is 11.6 Å². The van der Waals surface area contributed by atoms with Crippen LogP contribution in [0.25, 0.3) is 22.0 Å². The number of carbonyl (C=O) groups is 1. The Labute approximate surface area is 233 Å². The normalized spacial score (nSPS) is 17.9. The number of ether oxygens (including phenoxy) is 2. The van der Waals surface area contributed by atoms with Crippen molar-refractivity contribution in [3.05, 3.63) is 51.4 Å². The molecule has 3 heterocycles. The highest BCUT2D eigenvalue weighted by Gasteiger charge is 2.31. The number of piperazine rings is 1. The van der Waals surface area contributed by atoms with Crippen LogP contribution >= 0.6 is 23.4 Å². The molecule has 12 heteroatoms. The quantitative estimate of drug-likeness (QED) is 0.424. The van der Waals surface area contributed by atoms with Gasteiger partial charge in [0.15, 0.2) is 0 Å². The second-order valence-electron chi connectivity index (χ2n) is 10.5. The van der Waals surface area contributed by atoms with Crippen LogP contribution in [0.5, 0.6) is 0 Å². The fraction of sp³-hybridized carbons (Fsp3) is 0.444. The zero-order chi connectivity index (χ0) is 28.1. The van der Waals surface area contributed by atoms with Crippen molar-refractivity contribution in [2.45, 2.75) is 43.9 Å². The Morgan fingerprint density at radius 1 is 1.15 bits per heavy atom. The molecule has 0 spiro atoms. The SMILES string of the molecule is CO[C@H]1CSc2c(-c3ccc(F)cc3F)c(Cl)cc3c(N4CCN(C(=O)OC(C)(C)C)CC4)nc(=O)n(c23)C1. The summed E-state index contributed by atoms with van der Waals surface area (Å²) in [5.74, 6) is -0.504. The number of carbonyl (C=O) groups excluding carboxylic acids is 1. The highest BCUT2D eigenvalue weighted by Crippen LogP contribution is 2.46. The Balaban J connectivity index is 1.62. The molecule has 1 fully saturated rings. The van der Waals surface area contributed by atoms with E-state index in [1.807, 2.05) is 25.7 Å². The zero-order valence-electron chi connectivity index (χ0n) is 22.1. The summed E-state index contributed by atoms with van der Waals surface area (Å²) in [4.78, 5) is 34.6. The van der Waals surface area contributed by atoms with Gasteiger partial charge in [-0.3, -0.25) is 4.57 Å². The average Bonchev–Trinajstić information content (AvgIpc) is 3.07. The molecule has 5 rings (SSSR count). The number of anilines is 1. The Morgan fingerprint density at radius 3 is 2.51 bits per heavy atom. The lowest BCUT2D eigenvalue weighted by Gasteiger charge is -2.36. The number of thioether (sulfide) groups is 1. The Bertz CT molecular complexity index is 1500. The van der Waals surface area contributed by atoms with Crippen molar-refractivity contribution < 1.29 is 23.0 Å². The van der Waals surface area contributed by atoms with Gasteiger partial charge in [-0.2, -0.15) is 4.98 Å². The summed E-state index contributed by atoms with van der Waals surface area (Å²) in [6.45, 7) is 7.36. The first-order valence-electron chi connectivity index (χ1n) is 12.6. The zero-order valence-corrected chi connectivity index (χ0v) is 23.7. The van der Waals surface area contributed by atoms with E-state index in [1.165, 1.54) is 23.9 Å². The summed E-state index contributed by atoms with van der Waals surface area (Å²) in [6, 6.07) is 5.04. The summed E-state index contributed by atoms with van der Waals surface area (Å²) in [6.07, 6.45) is -0.683. The Hall–Kier alpha value is -2.89. The monoisotopic (exact) mass is 578 g/mol. The summed E-state index contributed by atoms with van der Waals surface area (Å²) in [7, 11) is 1.57. The summed E-state index contributed by atoms with van der Waals surface area (Å²) in [5.41, 5.74) is 0.0430.